The second-order valence-electron chi connectivity index (χ2n) is 3.93. The van der Waals surface area contributed by atoms with Crippen LogP contribution in [-0.4, -0.2) is 38.1 Å². The fourth-order valence-corrected chi connectivity index (χ4v) is 1.76. The first kappa shape index (κ1) is 14.4. The summed E-state index contributed by atoms with van der Waals surface area (Å²) in [5, 5.41) is 8.34. The molecule has 0 radical (unpaired) electrons. The fraction of sp³-hybridized carbons (Fsp3) is 0.889. The van der Waals surface area contributed by atoms with Crippen LogP contribution in [0.5, 0.6) is 0 Å². The molecule has 0 aliphatic carbocycles. The van der Waals surface area contributed by atoms with Gasteiger partial charge in [0.2, 0.25) is 10.0 Å². The molecular weight excluding hydrogens is 214 g/mol. The molecule has 0 saturated carbocycles. The number of nitrogens with zero attached hydrogens (tertiary/aromatic N) is 2. The van der Waals surface area contributed by atoms with Crippen LogP contribution in [0.1, 0.15) is 20.3 Å². The van der Waals surface area contributed by atoms with Crippen LogP contribution in [0.2, 0.25) is 0 Å². The molecule has 6 heteroatoms. The highest BCUT2D eigenvalue weighted by Gasteiger charge is 2.18. The predicted octanol–water partition coefficient (Wildman–Crippen LogP) is 0.145. The SMILES string of the molecule is CC(C)C(N)CCN(C)S(=O)(=O)CC#N. The zero-order valence-electron chi connectivity index (χ0n) is 9.47. The van der Waals surface area contributed by atoms with E-state index in [1.165, 1.54) is 11.4 Å². The Bertz CT molecular complexity index is 319. The van der Waals surface area contributed by atoms with Gasteiger partial charge in [0.25, 0.3) is 0 Å². The summed E-state index contributed by atoms with van der Waals surface area (Å²) in [6, 6.07) is 1.63. The maximum Gasteiger partial charge on any atom is 0.227 e. The molecule has 0 aromatic carbocycles. The molecule has 0 aliphatic rings. The lowest BCUT2D eigenvalue weighted by Crippen LogP contribution is -2.35. The third kappa shape index (κ3) is 5.11. The van der Waals surface area contributed by atoms with Gasteiger partial charge in [0.05, 0.1) is 6.07 Å². The van der Waals surface area contributed by atoms with E-state index < -0.39 is 15.8 Å². The van der Waals surface area contributed by atoms with Gasteiger partial charge in [0.15, 0.2) is 5.75 Å². The van der Waals surface area contributed by atoms with Crippen LogP contribution in [0.15, 0.2) is 0 Å². The largest absolute Gasteiger partial charge is 0.327 e. The van der Waals surface area contributed by atoms with Gasteiger partial charge in [-0.3, -0.25) is 0 Å². The van der Waals surface area contributed by atoms with Crippen molar-refractivity contribution in [1.82, 2.24) is 4.31 Å². The lowest BCUT2D eigenvalue weighted by atomic mass is 10.0. The lowest BCUT2D eigenvalue weighted by molar-refractivity contribution is 0.398. The molecule has 0 saturated heterocycles. The molecule has 0 heterocycles. The van der Waals surface area contributed by atoms with Crippen LogP contribution >= 0.6 is 0 Å². The fourth-order valence-electron chi connectivity index (χ4n) is 0.995. The van der Waals surface area contributed by atoms with E-state index in [0.717, 1.165) is 0 Å². The summed E-state index contributed by atoms with van der Waals surface area (Å²) in [5.41, 5.74) is 5.80. The van der Waals surface area contributed by atoms with Gasteiger partial charge in [0.1, 0.15) is 0 Å². The van der Waals surface area contributed by atoms with E-state index in [2.05, 4.69) is 0 Å². The third-order valence-corrected chi connectivity index (χ3v) is 3.98. The van der Waals surface area contributed by atoms with E-state index in [-0.39, 0.29) is 6.04 Å². The molecule has 5 nitrogen and oxygen atoms in total. The first-order valence-corrected chi connectivity index (χ1v) is 6.48. The number of nitrogens with two attached hydrogens (primary N) is 1. The van der Waals surface area contributed by atoms with E-state index in [1.54, 1.807) is 6.07 Å². The molecule has 0 bridgehead atoms. The van der Waals surface area contributed by atoms with E-state index in [9.17, 15) is 8.42 Å². The Hall–Kier alpha value is -0.640. The number of hydrogen-bond donors (Lipinski definition) is 1. The molecule has 1 unspecified atom stereocenters. The molecule has 15 heavy (non-hydrogen) atoms. The van der Waals surface area contributed by atoms with Crippen molar-refractivity contribution in [3.05, 3.63) is 0 Å². The molecule has 0 aromatic heterocycles. The molecular formula is C9H19N3O2S. The molecule has 88 valence electrons. The summed E-state index contributed by atoms with van der Waals surface area (Å²) < 4.78 is 23.9. The van der Waals surface area contributed by atoms with Crippen LogP contribution in [-0.2, 0) is 10.0 Å². The first-order valence-electron chi connectivity index (χ1n) is 4.87. The van der Waals surface area contributed by atoms with Crippen molar-refractivity contribution >= 4 is 10.0 Å². The molecule has 0 aromatic rings. The quantitative estimate of drug-likeness (QED) is 0.707. The topological polar surface area (TPSA) is 87.2 Å². The molecule has 0 amide bonds. The van der Waals surface area contributed by atoms with Gasteiger partial charge in [-0.2, -0.15) is 5.26 Å². The van der Waals surface area contributed by atoms with Crippen LogP contribution in [0.3, 0.4) is 0 Å². The summed E-state index contributed by atoms with van der Waals surface area (Å²) in [6.45, 7) is 4.35. The highest BCUT2D eigenvalue weighted by molar-refractivity contribution is 7.89. The zero-order valence-corrected chi connectivity index (χ0v) is 10.3. The van der Waals surface area contributed by atoms with Crippen molar-refractivity contribution in [3.8, 4) is 6.07 Å². The summed E-state index contributed by atoms with van der Waals surface area (Å²) in [4.78, 5) is 0. The third-order valence-electron chi connectivity index (χ3n) is 2.36. The van der Waals surface area contributed by atoms with Crippen LogP contribution < -0.4 is 5.73 Å². The Kier molecular flexibility index (Phi) is 5.80. The smallest absolute Gasteiger partial charge is 0.227 e. The first-order chi connectivity index (χ1) is 6.81. The zero-order chi connectivity index (χ0) is 12.1. The standard InChI is InChI=1S/C9H19N3O2S/c1-8(2)9(11)4-6-12(3)15(13,14)7-5-10/h8-9H,4,6-7,11H2,1-3H3. The predicted molar refractivity (Wildman–Crippen MR) is 59.5 cm³/mol. The van der Waals surface area contributed by atoms with Gasteiger partial charge in [-0.1, -0.05) is 13.8 Å². The van der Waals surface area contributed by atoms with E-state index in [1.807, 2.05) is 13.8 Å². The minimum atomic E-state index is -3.42. The van der Waals surface area contributed by atoms with Gasteiger partial charge in [-0.15, -0.1) is 0 Å². The Morgan fingerprint density at radius 3 is 2.40 bits per heavy atom. The second kappa shape index (κ2) is 6.05. The second-order valence-corrected chi connectivity index (χ2v) is 6.01. The van der Waals surface area contributed by atoms with Gasteiger partial charge in [0, 0.05) is 19.6 Å². The summed E-state index contributed by atoms with van der Waals surface area (Å²) >= 11 is 0. The molecule has 0 spiro atoms. The monoisotopic (exact) mass is 233 g/mol. The number of hydrogen-bond acceptors (Lipinski definition) is 4. The molecule has 0 aliphatic heterocycles. The summed E-state index contributed by atoms with van der Waals surface area (Å²) in [7, 11) is -1.94. The van der Waals surface area contributed by atoms with Crippen LogP contribution in [0.4, 0.5) is 0 Å². The van der Waals surface area contributed by atoms with Crippen molar-refractivity contribution < 1.29 is 8.42 Å². The van der Waals surface area contributed by atoms with Gasteiger partial charge in [-0.25, -0.2) is 12.7 Å². The average Bonchev–Trinajstić information content (AvgIpc) is 2.13. The van der Waals surface area contributed by atoms with Gasteiger partial charge < -0.3 is 5.73 Å². The maximum atomic E-state index is 11.4. The number of rotatable bonds is 6. The van der Waals surface area contributed by atoms with E-state index in [4.69, 9.17) is 11.0 Å². The Morgan fingerprint density at radius 2 is 2.00 bits per heavy atom. The summed E-state index contributed by atoms with van der Waals surface area (Å²) in [5.74, 6) is -0.141. The summed E-state index contributed by atoms with van der Waals surface area (Å²) in [6.07, 6.45) is 0.610. The highest BCUT2D eigenvalue weighted by Crippen LogP contribution is 2.06. The molecule has 2 N–H and O–H groups in total. The minimum Gasteiger partial charge on any atom is -0.327 e. The Balaban J connectivity index is 4.16. The maximum absolute atomic E-state index is 11.4. The van der Waals surface area contributed by atoms with Crippen molar-refractivity contribution in [1.29, 1.82) is 5.26 Å². The van der Waals surface area contributed by atoms with Crippen molar-refractivity contribution in [2.45, 2.75) is 26.3 Å². The van der Waals surface area contributed by atoms with Gasteiger partial charge in [-0.05, 0) is 12.3 Å². The van der Waals surface area contributed by atoms with E-state index >= 15 is 0 Å². The van der Waals surface area contributed by atoms with Crippen LogP contribution in [0.25, 0.3) is 0 Å². The average molecular weight is 233 g/mol. The Morgan fingerprint density at radius 1 is 1.47 bits per heavy atom. The van der Waals surface area contributed by atoms with Crippen LogP contribution in [0, 0.1) is 17.2 Å². The molecule has 1 atom stereocenters. The highest BCUT2D eigenvalue weighted by atomic mass is 32.2. The minimum absolute atomic E-state index is 0.00950. The normalized spacial score (nSPS) is 14.2. The molecule has 0 fully saturated rings. The number of nitriles is 1. The van der Waals surface area contributed by atoms with Crippen molar-refractivity contribution in [2.75, 3.05) is 19.3 Å². The lowest BCUT2D eigenvalue weighted by Gasteiger charge is -2.20. The van der Waals surface area contributed by atoms with Gasteiger partial charge >= 0.3 is 0 Å². The van der Waals surface area contributed by atoms with E-state index in [0.29, 0.717) is 18.9 Å². The van der Waals surface area contributed by atoms with Crippen molar-refractivity contribution in [2.24, 2.45) is 11.7 Å². The Labute approximate surface area is 91.9 Å². The molecule has 0 rings (SSSR count). The van der Waals surface area contributed by atoms with Crippen molar-refractivity contribution in [3.63, 3.8) is 0 Å². The number of sulfonamides is 1.